The molecule has 2 aliphatic heterocycles. The van der Waals surface area contributed by atoms with E-state index >= 15 is 0 Å². The smallest absolute Gasteiger partial charge is 0.231 e. The van der Waals surface area contributed by atoms with Crippen LogP contribution < -0.4 is 18.9 Å². The van der Waals surface area contributed by atoms with Crippen molar-refractivity contribution >= 4 is 5.78 Å². The third kappa shape index (κ3) is 1.95. The average Bonchev–Trinajstić information content (AvgIpc) is 3.28. The molecule has 26 heavy (non-hydrogen) atoms. The maximum Gasteiger partial charge on any atom is 0.231 e. The molecule has 3 atom stereocenters. The molecule has 2 heterocycles. The molecule has 0 radical (unpaired) electrons. The molecule has 1 N–H and O–H groups in total. The standard InChI is InChI=1S/C20H18O6/c1-9-10(2)19(22)11-3-4-14-20(26-8-23-14)18(11)17(9)12-5-15-16(6-13(12)21)25-7-24-15/h3-6,9-10,17,21H,7-8H2,1-2H3. The number of hydrogen-bond donors (Lipinski definition) is 1. The van der Waals surface area contributed by atoms with Gasteiger partial charge in [0.15, 0.2) is 28.8 Å². The van der Waals surface area contributed by atoms with Crippen molar-refractivity contribution in [3.63, 3.8) is 0 Å². The number of hydrogen-bond acceptors (Lipinski definition) is 6. The number of phenols is 1. The van der Waals surface area contributed by atoms with Gasteiger partial charge in [-0.05, 0) is 24.1 Å². The van der Waals surface area contributed by atoms with Crippen LogP contribution in [-0.4, -0.2) is 24.5 Å². The van der Waals surface area contributed by atoms with Gasteiger partial charge in [-0.25, -0.2) is 0 Å². The Hall–Kier alpha value is -2.89. The molecule has 0 saturated carbocycles. The molecule has 134 valence electrons. The molecular formula is C20H18O6. The van der Waals surface area contributed by atoms with E-state index in [1.807, 2.05) is 13.8 Å². The van der Waals surface area contributed by atoms with E-state index in [9.17, 15) is 9.90 Å². The van der Waals surface area contributed by atoms with E-state index in [-0.39, 0.29) is 42.9 Å². The number of Topliss-reactive ketones (excluding diaryl/α,β-unsaturated/α-hetero) is 1. The predicted molar refractivity (Wildman–Crippen MR) is 91.3 cm³/mol. The van der Waals surface area contributed by atoms with Crippen LogP contribution in [-0.2, 0) is 0 Å². The zero-order valence-electron chi connectivity index (χ0n) is 14.4. The Morgan fingerprint density at radius 2 is 1.65 bits per heavy atom. The number of rotatable bonds is 1. The maximum absolute atomic E-state index is 12.9. The quantitative estimate of drug-likeness (QED) is 0.845. The van der Waals surface area contributed by atoms with E-state index in [0.717, 1.165) is 5.56 Å². The summed E-state index contributed by atoms with van der Waals surface area (Å²) in [6.07, 6.45) is 0. The summed E-state index contributed by atoms with van der Waals surface area (Å²) in [5, 5.41) is 10.7. The monoisotopic (exact) mass is 354 g/mol. The lowest BCUT2D eigenvalue weighted by atomic mass is 9.66. The van der Waals surface area contributed by atoms with Crippen LogP contribution >= 0.6 is 0 Å². The van der Waals surface area contributed by atoms with Crippen LogP contribution in [0.15, 0.2) is 24.3 Å². The van der Waals surface area contributed by atoms with Gasteiger partial charge >= 0.3 is 0 Å². The van der Waals surface area contributed by atoms with E-state index in [4.69, 9.17) is 18.9 Å². The van der Waals surface area contributed by atoms with E-state index < -0.39 is 0 Å². The molecule has 6 nitrogen and oxygen atoms in total. The largest absolute Gasteiger partial charge is 0.508 e. The van der Waals surface area contributed by atoms with Crippen molar-refractivity contribution in [1.29, 1.82) is 0 Å². The van der Waals surface area contributed by atoms with E-state index in [0.29, 0.717) is 34.1 Å². The lowest BCUT2D eigenvalue weighted by Gasteiger charge is -2.36. The summed E-state index contributed by atoms with van der Waals surface area (Å²) < 4.78 is 22.1. The maximum atomic E-state index is 12.9. The lowest BCUT2D eigenvalue weighted by molar-refractivity contribution is 0.0863. The topological polar surface area (TPSA) is 74.2 Å². The Kier molecular flexibility index (Phi) is 3.13. The second kappa shape index (κ2) is 5.30. The SMILES string of the molecule is CC1C(=O)c2ccc3c(c2C(c2cc4c(cc2O)OCO4)C1C)OCO3. The number of ketones is 1. The fourth-order valence-corrected chi connectivity index (χ4v) is 4.19. The Morgan fingerprint density at radius 3 is 2.46 bits per heavy atom. The van der Waals surface area contributed by atoms with Crippen molar-refractivity contribution in [2.75, 3.05) is 13.6 Å². The second-order valence-electron chi connectivity index (χ2n) is 7.01. The number of aromatic hydroxyl groups is 1. The summed E-state index contributed by atoms with van der Waals surface area (Å²) in [5.41, 5.74) is 2.11. The number of ether oxygens (including phenoxy) is 4. The molecule has 0 spiro atoms. The van der Waals surface area contributed by atoms with E-state index in [2.05, 4.69) is 0 Å². The highest BCUT2D eigenvalue weighted by molar-refractivity contribution is 6.02. The minimum atomic E-state index is -0.219. The average molecular weight is 354 g/mol. The number of phenolic OH excluding ortho intramolecular Hbond substituents is 1. The zero-order chi connectivity index (χ0) is 18.0. The van der Waals surface area contributed by atoms with Crippen molar-refractivity contribution in [2.45, 2.75) is 19.8 Å². The van der Waals surface area contributed by atoms with Gasteiger partial charge in [-0.3, -0.25) is 4.79 Å². The van der Waals surface area contributed by atoms with Crippen LogP contribution in [0.3, 0.4) is 0 Å². The van der Waals surface area contributed by atoms with Gasteiger partial charge in [0, 0.05) is 34.6 Å². The third-order valence-corrected chi connectivity index (χ3v) is 5.74. The minimum absolute atomic E-state index is 0.0306. The van der Waals surface area contributed by atoms with Crippen LogP contribution in [0.4, 0.5) is 0 Å². The van der Waals surface area contributed by atoms with Crippen molar-refractivity contribution in [3.8, 4) is 28.7 Å². The highest BCUT2D eigenvalue weighted by atomic mass is 16.7. The van der Waals surface area contributed by atoms with Gasteiger partial charge in [0.05, 0.1) is 0 Å². The minimum Gasteiger partial charge on any atom is -0.508 e. The molecule has 2 aromatic rings. The first-order valence-electron chi connectivity index (χ1n) is 8.65. The molecule has 3 unspecified atom stereocenters. The fourth-order valence-electron chi connectivity index (χ4n) is 4.19. The van der Waals surface area contributed by atoms with Crippen molar-refractivity contribution in [2.24, 2.45) is 11.8 Å². The molecular weight excluding hydrogens is 336 g/mol. The molecule has 0 saturated heterocycles. The normalized spacial score (nSPS) is 25.3. The zero-order valence-corrected chi connectivity index (χ0v) is 14.4. The fraction of sp³-hybridized carbons (Fsp3) is 0.350. The summed E-state index contributed by atoms with van der Waals surface area (Å²) in [5.74, 6) is 2.12. The summed E-state index contributed by atoms with van der Waals surface area (Å²) >= 11 is 0. The van der Waals surface area contributed by atoms with Gasteiger partial charge in [-0.1, -0.05) is 13.8 Å². The van der Waals surface area contributed by atoms with Crippen LogP contribution in [0.1, 0.15) is 41.3 Å². The van der Waals surface area contributed by atoms with Crippen molar-refractivity contribution < 1.29 is 28.8 Å². The molecule has 0 fully saturated rings. The molecule has 1 aliphatic carbocycles. The summed E-state index contributed by atoms with van der Waals surface area (Å²) in [6.45, 7) is 4.22. The lowest BCUT2D eigenvalue weighted by Crippen LogP contribution is -2.32. The number of carbonyl (C=O) groups excluding carboxylic acids is 1. The number of benzene rings is 2. The van der Waals surface area contributed by atoms with Crippen LogP contribution in [0.25, 0.3) is 0 Å². The summed E-state index contributed by atoms with van der Waals surface area (Å²) in [4.78, 5) is 12.9. The number of carbonyl (C=O) groups is 1. The molecule has 2 aromatic carbocycles. The number of fused-ring (bicyclic) bond motifs is 4. The van der Waals surface area contributed by atoms with Gasteiger partial charge in [0.2, 0.25) is 13.6 Å². The molecule has 0 bridgehead atoms. The van der Waals surface area contributed by atoms with Crippen molar-refractivity contribution in [3.05, 3.63) is 41.0 Å². The first-order chi connectivity index (χ1) is 12.6. The van der Waals surface area contributed by atoms with E-state index in [1.165, 1.54) is 0 Å². The molecule has 3 aliphatic rings. The molecule has 0 amide bonds. The van der Waals surface area contributed by atoms with Gasteiger partial charge in [0.25, 0.3) is 0 Å². The van der Waals surface area contributed by atoms with Gasteiger partial charge < -0.3 is 24.1 Å². The highest BCUT2D eigenvalue weighted by Gasteiger charge is 2.43. The van der Waals surface area contributed by atoms with Crippen LogP contribution in [0, 0.1) is 11.8 Å². The highest BCUT2D eigenvalue weighted by Crippen LogP contribution is 2.54. The first-order valence-corrected chi connectivity index (χ1v) is 8.65. The van der Waals surface area contributed by atoms with Crippen LogP contribution in [0.2, 0.25) is 0 Å². The molecule has 0 aromatic heterocycles. The van der Waals surface area contributed by atoms with Gasteiger partial charge in [0.1, 0.15) is 5.75 Å². The third-order valence-electron chi connectivity index (χ3n) is 5.74. The molecule has 6 heteroatoms. The van der Waals surface area contributed by atoms with Gasteiger partial charge in [-0.2, -0.15) is 0 Å². The Labute approximate surface area is 150 Å². The summed E-state index contributed by atoms with van der Waals surface area (Å²) in [6, 6.07) is 6.95. The predicted octanol–water partition coefficient (Wildman–Crippen LogP) is 3.45. The van der Waals surface area contributed by atoms with E-state index in [1.54, 1.807) is 24.3 Å². The second-order valence-corrected chi connectivity index (χ2v) is 7.01. The molecule has 5 rings (SSSR count). The Bertz CT molecular complexity index is 934. The summed E-state index contributed by atoms with van der Waals surface area (Å²) in [7, 11) is 0. The first kappa shape index (κ1) is 15.4. The Morgan fingerprint density at radius 1 is 0.962 bits per heavy atom. The van der Waals surface area contributed by atoms with Gasteiger partial charge in [-0.15, -0.1) is 0 Å². The Balaban J connectivity index is 1.76. The van der Waals surface area contributed by atoms with Crippen LogP contribution in [0.5, 0.6) is 28.7 Å². The van der Waals surface area contributed by atoms with Crippen molar-refractivity contribution in [1.82, 2.24) is 0 Å².